The second-order valence-electron chi connectivity index (χ2n) is 4.22. The lowest BCUT2D eigenvalue weighted by Crippen LogP contribution is -2.08. The summed E-state index contributed by atoms with van der Waals surface area (Å²) >= 11 is 0. The zero-order valence-electron chi connectivity index (χ0n) is 8.94. The van der Waals surface area contributed by atoms with Crippen LogP contribution in [0.4, 0.5) is 0 Å². The Balaban J connectivity index is 2.19. The fraction of sp³-hybridized carbons (Fsp3) is 0.500. The number of hydrogen-bond acceptors (Lipinski definition) is 2. The molecule has 15 heavy (non-hydrogen) atoms. The molecule has 1 aliphatic rings. The first-order chi connectivity index (χ1) is 7.12. The van der Waals surface area contributed by atoms with Gasteiger partial charge in [0.05, 0.1) is 10.6 Å². The lowest BCUT2D eigenvalue weighted by molar-refractivity contribution is 0.592. The van der Waals surface area contributed by atoms with E-state index in [1.165, 1.54) is 5.56 Å². The molecule has 1 fully saturated rings. The van der Waals surface area contributed by atoms with Crippen molar-refractivity contribution in [2.75, 3.05) is 5.75 Å². The molecule has 0 bridgehead atoms. The summed E-state index contributed by atoms with van der Waals surface area (Å²) in [6, 6.07) is 7.27. The van der Waals surface area contributed by atoms with Crippen LogP contribution in [0.25, 0.3) is 0 Å². The van der Waals surface area contributed by atoms with Gasteiger partial charge in [-0.15, -0.1) is 0 Å². The number of rotatable bonds is 4. The van der Waals surface area contributed by atoms with Crippen LogP contribution in [0, 0.1) is 5.92 Å². The first-order valence-corrected chi connectivity index (χ1v) is 7.09. The summed E-state index contributed by atoms with van der Waals surface area (Å²) in [6.07, 6.45) is 3.10. The molecule has 0 atom stereocenters. The lowest BCUT2D eigenvalue weighted by Gasteiger charge is -2.04. The summed E-state index contributed by atoms with van der Waals surface area (Å²) in [5.41, 5.74) is 1.18. The molecule has 0 radical (unpaired) electrons. The molecule has 0 aliphatic heterocycles. The van der Waals surface area contributed by atoms with E-state index in [2.05, 4.69) is 6.92 Å². The third-order valence-corrected chi connectivity index (χ3v) is 4.74. The zero-order valence-corrected chi connectivity index (χ0v) is 9.76. The largest absolute Gasteiger partial charge is 0.224 e. The van der Waals surface area contributed by atoms with E-state index in [1.54, 1.807) is 12.1 Å². The van der Waals surface area contributed by atoms with Gasteiger partial charge in [0.15, 0.2) is 9.84 Å². The topological polar surface area (TPSA) is 34.1 Å². The van der Waals surface area contributed by atoms with Crippen LogP contribution in [0.15, 0.2) is 29.2 Å². The van der Waals surface area contributed by atoms with Crippen LogP contribution < -0.4 is 0 Å². The first-order valence-electron chi connectivity index (χ1n) is 5.43. The molecule has 0 N–H and O–H groups in total. The normalized spacial score (nSPS) is 16.6. The average Bonchev–Trinajstić information content (AvgIpc) is 3.01. The predicted octanol–water partition coefficient (Wildman–Crippen LogP) is 2.43. The Morgan fingerprint density at radius 2 is 1.80 bits per heavy atom. The maximum Gasteiger partial charge on any atom is 0.178 e. The van der Waals surface area contributed by atoms with E-state index in [1.807, 2.05) is 12.1 Å². The molecule has 1 aromatic carbocycles. The van der Waals surface area contributed by atoms with Crippen LogP contribution in [0.3, 0.4) is 0 Å². The van der Waals surface area contributed by atoms with Crippen LogP contribution in [0.2, 0.25) is 0 Å². The standard InChI is InChI=1S/C12H16O2S/c1-2-10-5-7-12(8-6-10)15(13,14)9-11-3-4-11/h5-8,11H,2-4,9H2,1H3. The Kier molecular flexibility index (Phi) is 2.83. The van der Waals surface area contributed by atoms with Gasteiger partial charge in [-0.3, -0.25) is 0 Å². The lowest BCUT2D eigenvalue weighted by atomic mass is 10.2. The van der Waals surface area contributed by atoms with Crippen molar-refractivity contribution < 1.29 is 8.42 Å². The molecular formula is C12H16O2S. The molecule has 1 aliphatic carbocycles. The first kappa shape index (κ1) is 10.7. The molecule has 0 spiro atoms. The predicted molar refractivity (Wildman–Crippen MR) is 60.6 cm³/mol. The van der Waals surface area contributed by atoms with Gasteiger partial charge in [0.1, 0.15) is 0 Å². The zero-order chi connectivity index (χ0) is 10.9. The highest BCUT2D eigenvalue weighted by Crippen LogP contribution is 2.32. The van der Waals surface area contributed by atoms with Gasteiger partial charge in [-0.05, 0) is 42.9 Å². The van der Waals surface area contributed by atoms with Crippen molar-refractivity contribution in [3.63, 3.8) is 0 Å². The monoisotopic (exact) mass is 224 g/mol. The molecule has 2 rings (SSSR count). The highest BCUT2D eigenvalue weighted by Gasteiger charge is 2.28. The Bertz CT molecular complexity index is 427. The number of sulfone groups is 1. The van der Waals surface area contributed by atoms with Crippen LogP contribution in [0.1, 0.15) is 25.3 Å². The van der Waals surface area contributed by atoms with Crippen molar-refractivity contribution in [3.8, 4) is 0 Å². The average molecular weight is 224 g/mol. The highest BCUT2D eigenvalue weighted by molar-refractivity contribution is 7.91. The number of hydrogen-bond donors (Lipinski definition) is 0. The summed E-state index contributed by atoms with van der Waals surface area (Å²) in [5.74, 6) is 0.749. The van der Waals surface area contributed by atoms with Crippen molar-refractivity contribution in [2.45, 2.75) is 31.1 Å². The van der Waals surface area contributed by atoms with Gasteiger partial charge in [-0.1, -0.05) is 19.1 Å². The maximum atomic E-state index is 11.9. The molecule has 1 saturated carbocycles. The Morgan fingerprint density at radius 1 is 1.20 bits per heavy atom. The molecule has 3 heteroatoms. The summed E-state index contributed by atoms with van der Waals surface area (Å²) in [5, 5.41) is 0. The van der Waals surface area contributed by atoms with Crippen LogP contribution >= 0.6 is 0 Å². The maximum absolute atomic E-state index is 11.9. The van der Waals surface area contributed by atoms with Crippen LogP contribution in [-0.4, -0.2) is 14.2 Å². The van der Waals surface area contributed by atoms with Crippen molar-refractivity contribution in [2.24, 2.45) is 5.92 Å². The Morgan fingerprint density at radius 3 is 2.27 bits per heavy atom. The van der Waals surface area contributed by atoms with E-state index in [0.717, 1.165) is 19.3 Å². The molecule has 0 amide bonds. The van der Waals surface area contributed by atoms with Crippen molar-refractivity contribution in [3.05, 3.63) is 29.8 Å². The van der Waals surface area contributed by atoms with Crippen LogP contribution in [0.5, 0.6) is 0 Å². The van der Waals surface area contributed by atoms with Gasteiger partial charge in [-0.2, -0.15) is 0 Å². The Labute approximate surface area is 91.2 Å². The van der Waals surface area contributed by atoms with E-state index in [0.29, 0.717) is 16.6 Å². The molecule has 1 aromatic rings. The summed E-state index contributed by atoms with van der Waals surface area (Å²) in [7, 11) is -3.02. The van der Waals surface area contributed by atoms with E-state index < -0.39 is 9.84 Å². The third kappa shape index (κ3) is 2.59. The summed E-state index contributed by atoms with van der Waals surface area (Å²) < 4.78 is 23.8. The molecule has 0 heterocycles. The second-order valence-corrected chi connectivity index (χ2v) is 6.26. The van der Waals surface area contributed by atoms with Crippen molar-refractivity contribution >= 4 is 9.84 Å². The molecule has 0 aromatic heterocycles. The third-order valence-electron chi connectivity index (χ3n) is 2.84. The van der Waals surface area contributed by atoms with E-state index in [4.69, 9.17) is 0 Å². The highest BCUT2D eigenvalue weighted by atomic mass is 32.2. The van der Waals surface area contributed by atoms with Gasteiger partial charge < -0.3 is 0 Å². The quantitative estimate of drug-likeness (QED) is 0.787. The SMILES string of the molecule is CCc1ccc(S(=O)(=O)CC2CC2)cc1. The van der Waals surface area contributed by atoms with Crippen LogP contribution in [-0.2, 0) is 16.3 Å². The molecular weight excluding hydrogens is 208 g/mol. The minimum Gasteiger partial charge on any atom is -0.224 e. The van der Waals surface area contributed by atoms with Gasteiger partial charge >= 0.3 is 0 Å². The molecule has 2 nitrogen and oxygen atoms in total. The molecule has 0 saturated heterocycles. The van der Waals surface area contributed by atoms with E-state index in [9.17, 15) is 8.42 Å². The van der Waals surface area contributed by atoms with Crippen molar-refractivity contribution in [1.82, 2.24) is 0 Å². The minimum absolute atomic E-state index is 0.332. The van der Waals surface area contributed by atoms with Gasteiger partial charge in [-0.25, -0.2) is 8.42 Å². The second kappa shape index (κ2) is 3.97. The Hall–Kier alpha value is -0.830. The van der Waals surface area contributed by atoms with Gasteiger partial charge in [0.2, 0.25) is 0 Å². The molecule has 82 valence electrons. The van der Waals surface area contributed by atoms with E-state index >= 15 is 0 Å². The van der Waals surface area contributed by atoms with Gasteiger partial charge in [0, 0.05) is 0 Å². The number of aryl methyl sites for hydroxylation is 1. The van der Waals surface area contributed by atoms with Gasteiger partial charge in [0.25, 0.3) is 0 Å². The fourth-order valence-electron chi connectivity index (χ4n) is 1.62. The fourth-order valence-corrected chi connectivity index (χ4v) is 3.32. The van der Waals surface area contributed by atoms with Crippen molar-refractivity contribution in [1.29, 1.82) is 0 Å². The summed E-state index contributed by atoms with van der Waals surface area (Å²) in [6.45, 7) is 2.06. The summed E-state index contributed by atoms with van der Waals surface area (Å²) in [4.78, 5) is 0.478. The minimum atomic E-state index is -3.02. The number of benzene rings is 1. The smallest absolute Gasteiger partial charge is 0.178 e. The molecule has 0 unspecified atom stereocenters. The van der Waals surface area contributed by atoms with E-state index in [-0.39, 0.29) is 0 Å².